The molecule has 3 rings (SSSR count). The highest BCUT2D eigenvalue weighted by Crippen LogP contribution is 2.39. The summed E-state index contributed by atoms with van der Waals surface area (Å²) < 4.78 is 30.7. The normalized spacial score (nSPS) is 40.1. The molecule has 6 heteroatoms. The molecule has 2 aliphatic rings. The minimum atomic E-state index is -0.461. The van der Waals surface area contributed by atoms with Gasteiger partial charge < -0.3 is 23.7 Å². The Hall–Kier alpha value is -1.47. The molecule has 5 unspecified atom stereocenters. The molecule has 2 fully saturated rings. The number of ether oxygens (including phenoxy) is 5. The van der Waals surface area contributed by atoms with Gasteiger partial charge in [-0.1, -0.05) is 58.0 Å². The maximum atomic E-state index is 11.7. The van der Waals surface area contributed by atoms with Crippen LogP contribution < -0.4 is 0 Å². The molecule has 180 valence electrons. The zero-order chi connectivity index (χ0) is 23.4. The molecule has 0 radical (unpaired) electrons. The van der Waals surface area contributed by atoms with Crippen molar-refractivity contribution in [3.8, 4) is 0 Å². The summed E-state index contributed by atoms with van der Waals surface area (Å²) in [6.07, 6.45) is -1.45. The molecule has 0 aromatic heterocycles. The van der Waals surface area contributed by atoms with Gasteiger partial charge in [-0.2, -0.15) is 0 Å². The molecule has 0 N–H and O–H groups in total. The lowest BCUT2D eigenvalue weighted by Gasteiger charge is -2.48. The molecule has 0 spiro atoms. The van der Waals surface area contributed by atoms with E-state index in [1.165, 1.54) is 6.92 Å². The van der Waals surface area contributed by atoms with Crippen molar-refractivity contribution in [1.82, 2.24) is 0 Å². The van der Waals surface area contributed by atoms with E-state index in [0.717, 1.165) is 5.56 Å². The van der Waals surface area contributed by atoms with E-state index < -0.39 is 12.4 Å². The fourth-order valence-corrected chi connectivity index (χ4v) is 4.78. The van der Waals surface area contributed by atoms with Crippen LogP contribution in [0.15, 0.2) is 30.3 Å². The lowest BCUT2D eigenvalue weighted by molar-refractivity contribution is -0.308. The molecule has 0 bridgehead atoms. The Morgan fingerprint density at radius 3 is 2.19 bits per heavy atom. The second-order valence-electron chi connectivity index (χ2n) is 9.70. The molecule has 1 aromatic rings. The third kappa shape index (κ3) is 5.90. The molecule has 0 amide bonds. The first-order chi connectivity index (χ1) is 15.2. The molecule has 10 atom stereocenters. The highest BCUT2D eigenvalue weighted by molar-refractivity contribution is 5.66. The Morgan fingerprint density at radius 1 is 0.844 bits per heavy atom. The predicted molar refractivity (Wildman–Crippen MR) is 122 cm³/mol. The highest BCUT2D eigenvalue weighted by Gasteiger charge is 2.47. The molecule has 2 heterocycles. The van der Waals surface area contributed by atoms with Crippen LogP contribution in [0.2, 0.25) is 0 Å². The van der Waals surface area contributed by atoms with Gasteiger partial charge in [0.1, 0.15) is 6.10 Å². The summed E-state index contributed by atoms with van der Waals surface area (Å²) in [5, 5.41) is 0. The minimum Gasteiger partial charge on any atom is -0.457 e. The van der Waals surface area contributed by atoms with Gasteiger partial charge in [-0.15, -0.1) is 0 Å². The molecule has 32 heavy (non-hydrogen) atoms. The van der Waals surface area contributed by atoms with E-state index in [1.54, 1.807) is 0 Å². The van der Waals surface area contributed by atoms with Gasteiger partial charge in [0, 0.05) is 18.8 Å². The SMILES string of the molecule is CC(=O)OC1[C@H](C)OC(C)[C@H](C)[C@@H]1OC1O[C@@H](COCc2ccccc2)[C@@H](C)C(C)C1C. The highest BCUT2D eigenvalue weighted by atomic mass is 16.7. The third-order valence-electron chi connectivity index (χ3n) is 7.44. The van der Waals surface area contributed by atoms with Crippen molar-refractivity contribution in [2.45, 2.75) is 91.9 Å². The number of hydrogen-bond donors (Lipinski definition) is 0. The van der Waals surface area contributed by atoms with Gasteiger partial charge in [0.25, 0.3) is 0 Å². The number of rotatable bonds is 7. The largest absolute Gasteiger partial charge is 0.457 e. The number of hydrogen-bond acceptors (Lipinski definition) is 6. The predicted octanol–water partition coefficient (Wildman–Crippen LogP) is 4.60. The van der Waals surface area contributed by atoms with Crippen LogP contribution in [-0.2, 0) is 35.1 Å². The van der Waals surface area contributed by atoms with Gasteiger partial charge in [0.15, 0.2) is 12.4 Å². The van der Waals surface area contributed by atoms with Crippen molar-refractivity contribution in [2.75, 3.05) is 6.61 Å². The van der Waals surface area contributed by atoms with Gasteiger partial charge in [-0.05, 0) is 31.2 Å². The quantitative estimate of drug-likeness (QED) is 0.568. The lowest BCUT2D eigenvalue weighted by Crippen LogP contribution is -2.57. The van der Waals surface area contributed by atoms with Gasteiger partial charge in [-0.3, -0.25) is 4.79 Å². The molecule has 1 aromatic carbocycles. The summed E-state index contributed by atoms with van der Waals surface area (Å²) >= 11 is 0. The Labute approximate surface area is 192 Å². The first kappa shape index (κ1) is 25.2. The maximum absolute atomic E-state index is 11.7. The summed E-state index contributed by atoms with van der Waals surface area (Å²) in [7, 11) is 0. The number of benzene rings is 1. The summed E-state index contributed by atoms with van der Waals surface area (Å²) in [6, 6.07) is 10.2. The van der Waals surface area contributed by atoms with E-state index in [9.17, 15) is 4.79 Å². The average Bonchev–Trinajstić information content (AvgIpc) is 2.76. The van der Waals surface area contributed by atoms with Crippen molar-refractivity contribution in [3.05, 3.63) is 35.9 Å². The van der Waals surface area contributed by atoms with Crippen LogP contribution >= 0.6 is 0 Å². The first-order valence-corrected chi connectivity index (χ1v) is 11.9. The Kier molecular flexibility index (Phi) is 8.73. The van der Waals surface area contributed by atoms with Crippen LogP contribution in [0, 0.1) is 23.7 Å². The second kappa shape index (κ2) is 11.1. The van der Waals surface area contributed by atoms with Gasteiger partial charge >= 0.3 is 5.97 Å². The Morgan fingerprint density at radius 2 is 1.53 bits per heavy atom. The van der Waals surface area contributed by atoms with Crippen molar-refractivity contribution in [2.24, 2.45) is 23.7 Å². The zero-order valence-corrected chi connectivity index (χ0v) is 20.5. The van der Waals surface area contributed by atoms with E-state index in [0.29, 0.717) is 25.0 Å². The fraction of sp³-hybridized carbons (Fsp3) is 0.731. The Bertz CT molecular complexity index is 724. The molecular weight excluding hydrogens is 408 g/mol. The van der Waals surface area contributed by atoms with Crippen molar-refractivity contribution < 1.29 is 28.5 Å². The van der Waals surface area contributed by atoms with Gasteiger partial charge in [0.2, 0.25) is 0 Å². The average molecular weight is 449 g/mol. The molecule has 0 saturated carbocycles. The van der Waals surface area contributed by atoms with Crippen LogP contribution in [0.5, 0.6) is 0 Å². The van der Waals surface area contributed by atoms with E-state index in [1.807, 2.05) is 32.0 Å². The first-order valence-electron chi connectivity index (χ1n) is 11.9. The molecular formula is C26H40O6. The van der Waals surface area contributed by atoms with Crippen LogP contribution in [0.4, 0.5) is 0 Å². The number of carbonyl (C=O) groups is 1. The smallest absolute Gasteiger partial charge is 0.303 e. The summed E-state index contributed by atoms with van der Waals surface area (Å²) in [6.45, 7) is 15.2. The monoisotopic (exact) mass is 448 g/mol. The lowest BCUT2D eigenvalue weighted by atomic mass is 9.79. The fourth-order valence-electron chi connectivity index (χ4n) is 4.78. The van der Waals surface area contributed by atoms with E-state index in [2.05, 4.69) is 39.8 Å². The molecule has 2 saturated heterocycles. The topological polar surface area (TPSA) is 63.2 Å². The molecule has 0 aliphatic carbocycles. The summed E-state index contributed by atoms with van der Waals surface area (Å²) in [4.78, 5) is 11.7. The van der Waals surface area contributed by atoms with E-state index in [4.69, 9.17) is 23.7 Å². The van der Waals surface area contributed by atoms with Crippen LogP contribution in [-0.4, -0.2) is 49.4 Å². The number of carbonyl (C=O) groups excluding carboxylic acids is 1. The molecule has 2 aliphatic heterocycles. The standard InChI is InChI=1S/C26H40O6/c1-15-16(2)23(14-28-13-22-11-9-8-10-12-22)31-26(17(15)3)32-24-18(4)19(5)29-20(6)25(24)30-21(7)27/h8-12,15-20,23-26H,13-14H2,1-7H3/t15?,16-,17?,18-,19?,20-,23-,24-,25?,26?/m0/s1. The minimum absolute atomic E-state index is 0.00190. The van der Waals surface area contributed by atoms with Crippen molar-refractivity contribution >= 4 is 5.97 Å². The van der Waals surface area contributed by atoms with Crippen LogP contribution in [0.25, 0.3) is 0 Å². The second-order valence-corrected chi connectivity index (χ2v) is 9.70. The van der Waals surface area contributed by atoms with Gasteiger partial charge in [0.05, 0.1) is 31.5 Å². The zero-order valence-electron chi connectivity index (χ0n) is 20.5. The van der Waals surface area contributed by atoms with Crippen LogP contribution in [0.3, 0.4) is 0 Å². The third-order valence-corrected chi connectivity index (χ3v) is 7.44. The Balaban J connectivity index is 1.68. The van der Waals surface area contributed by atoms with E-state index >= 15 is 0 Å². The summed E-state index contributed by atoms with van der Waals surface area (Å²) in [5.41, 5.74) is 1.15. The van der Waals surface area contributed by atoms with Crippen LogP contribution in [0.1, 0.15) is 54.0 Å². The maximum Gasteiger partial charge on any atom is 0.303 e. The number of esters is 1. The van der Waals surface area contributed by atoms with E-state index in [-0.39, 0.29) is 42.2 Å². The summed E-state index contributed by atoms with van der Waals surface area (Å²) in [5.74, 6) is 0.682. The van der Waals surface area contributed by atoms with Crippen molar-refractivity contribution in [3.63, 3.8) is 0 Å². The van der Waals surface area contributed by atoms with Gasteiger partial charge in [-0.25, -0.2) is 0 Å². The van der Waals surface area contributed by atoms with Crippen molar-refractivity contribution in [1.29, 1.82) is 0 Å². The molecule has 6 nitrogen and oxygen atoms in total.